The average molecular weight is 179 g/mol. The van der Waals surface area contributed by atoms with Crippen LogP contribution in [0.2, 0.25) is 5.02 Å². The maximum absolute atomic E-state index is 5.88. The van der Waals surface area contributed by atoms with Gasteiger partial charge in [-0.05, 0) is 24.6 Å². The highest BCUT2D eigenvalue weighted by Gasteiger charge is 1.98. The summed E-state index contributed by atoms with van der Waals surface area (Å²) in [6.07, 6.45) is 3.47. The van der Waals surface area contributed by atoms with Crippen LogP contribution in [0.3, 0.4) is 0 Å². The van der Waals surface area contributed by atoms with Crippen LogP contribution in [-0.4, -0.2) is 10.2 Å². The zero-order valence-electron chi connectivity index (χ0n) is 6.58. The second-order valence-corrected chi connectivity index (χ2v) is 3.15. The van der Waals surface area contributed by atoms with Gasteiger partial charge >= 0.3 is 0 Å². The fourth-order valence-corrected chi connectivity index (χ4v) is 1.53. The first-order valence-corrected chi connectivity index (χ1v) is 4.02. The van der Waals surface area contributed by atoms with E-state index in [4.69, 9.17) is 11.6 Å². The van der Waals surface area contributed by atoms with Gasteiger partial charge in [-0.2, -0.15) is 10.2 Å². The number of hydrogen-bond donors (Lipinski definition) is 0. The van der Waals surface area contributed by atoms with Crippen LogP contribution in [0.4, 0.5) is 0 Å². The van der Waals surface area contributed by atoms with Crippen LogP contribution in [0.15, 0.2) is 24.5 Å². The van der Waals surface area contributed by atoms with Gasteiger partial charge in [-0.15, -0.1) is 0 Å². The van der Waals surface area contributed by atoms with Crippen molar-refractivity contribution >= 4 is 22.4 Å². The van der Waals surface area contributed by atoms with Crippen molar-refractivity contribution in [2.45, 2.75) is 6.92 Å². The Labute approximate surface area is 75.2 Å². The molecule has 0 fully saturated rings. The summed E-state index contributed by atoms with van der Waals surface area (Å²) >= 11 is 5.88. The van der Waals surface area contributed by atoms with Gasteiger partial charge in [-0.1, -0.05) is 11.6 Å². The van der Waals surface area contributed by atoms with Gasteiger partial charge in [-0.25, -0.2) is 0 Å². The minimum atomic E-state index is 0.744. The smallest absolute Gasteiger partial charge is 0.0577 e. The fraction of sp³-hybridized carbons (Fsp3) is 0.111. The highest BCUT2D eigenvalue weighted by Crippen LogP contribution is 2.21. The Morgan fingerprint density at radius 3 is 2.75 bits per heavy atom. The molecule has 60 valence electrons. The lowest BCUT2D eigenvalue weighted by atomic mass is 10.1. The Kier molecular flexibility index (Phi) is 1.70. The normalized spacial score (nSPS) is 10.5. The molecule has 0 atom stereocenters. The predicted octanol–water partition coefficient (Wildman–Crippen LogP) is 2.59. The van der Waals surface area contributed by atoms with Crippen molar-refractivity contribution < 1.29 is 0 Å². The molecule has 0 saturated carbocycles. The zero-order chi connectivity index (χ0) is 8.55. The second-order valence-electron chi connectivity index (χ2n) is 2.71. The zero-order valence-corrected chi connectivity index (χ0v) is 7.34. The van der Waals surface area contributed by atoms with Gasteiger partial charge in [0.15, 0.2) is 0 Å². The number of hydrogen-bond acceptors (Lipinski definition) is 2. The molecule has 2 nitrogen and oxygen atoms in total. The van der Waals surface area contributed by atoms with E-state index in [9.17, 15) is 0 Å². The Morgan fingerprint density at radius 2 is 1.92 bits per heavy atom. The maximum atomic E-state index is 5.88. The first-order chi connectivity index (χ1) is 5.77. The molecule has 2 rings (SSSR count). The molecular formula is C9H7ClN2. The summed E-state index contributed by atoms with van der Waals surface area (Å²) in [5, 5.41) is 10.5. The number of aromatic nitrogens is 2. The van der Waals surface area contributed by atoms with Gasteiger partial charge in [0.2, 0.25) is 0 Å². The van der Waals surface area contributed by atoms with Gasteiger partial charge in [0.1, 0.15) is 0 Å². The molecule has 1 aromatic carbocycles. The summed E-state index contributed by atoms with van der Waals surface area (Å²) in [6, 6.07) is 3.81. The molecule has 3 heteroatoms. The van der Waals surface area contributed by atoms with Crippen molar-refractivity contribution in [3.63, 3.8) is 0 Å². The summed E-state index contributed by atoms with van der Waals surface area (Å²) < 4.78 is 0. The highest BCUT2D eigenvalue weighted by molar-refractivity contribution is 6.31. The van der Waals surface area contributed by atoms with E-state index in [1.165, 1.54) is 0 Å². The molecular weight excluding hydrogens is 172 g/mol. The van der Waals surface area contributed by atoms with Gasteiger partial charge in [0, 0.05) is 15.8 Å². The van der Waals surface area contributed by atoms with Crippen LogP contribution in [0, 0.1) is 6.92 Å². The number of benzene rings is 1. The van der Waals surface area contributed by atoms with E-state index in [-0.39, 0.29) is 0 Å². The standard InChI is InChI=1S/C9H7ClN2/c1-6-2-8(10)3-7-4-11-12-5-9(6)7/h2-5H,1H3. The summed E-state index contributed by atoms with van der Waals surface area (Å²) in [5.41, 5.74) is 1.13. The largest absolute Gasteiger partial charge is 0.158 e. The Bertz CT molecular complexity index is 426. The van der Waals surface area contributed by atoms with Crippen LogP contribution < -0.4 is 0 Å². The van der Waals surface area contributed by atoms with Gasteiger partial charge < -0.3 is 0 Å². The summed E-state index contributed by atoms with van der Waals surface area (Å²) in [6.45, 7) is 2.01. The molecule has 0 saturated heterocycles. The third kappa shape index (κ3) is 1.14. The number of halogens is 1. The van der Waals surface area contributed by atoms with Crippen LogP contribution >= 0.6 is 11.6 Å². The summed E-state index contributed by atoms with van der Waals surface area (Å²) in [4.78, 5) is 0. The van der Waals surface area contributed by atoms with E-state index in [1.807, 2.05) is 19.1 Å². The number of fused-ring (bicyclic) bond motifs is 1. The molecule has 0 amide bonds. The van der Waals surface area contributed by atoms with E-state index in [2.05, 4.69) is 10.2 Å². The first kappa shape index (κ1) is 7.50. The lowest BCUT2D eigenvalue weighted by Gasteiger charge is -2.00. The Hall–Kier alpha value is -1.15. The van der Waals surface area contributed by atoms with E-state index in [1.54, 1.807) is 12.4 Å². The average Bonchev–Trinajstić information content (AvgIpc) is 2.04. The van der Waals surface area contributed by atoms with E-state index in [0.717, 1.165) is 21.4 Å². The molecule has 0 spiro atoms. The quantitative estimate of drug-likeness (QED) is 0.620. The molecule has 1 heterocycles. The number of rotatable bonds is 0. The van der Waals surface area contributed by atoms with E-state index < -0.39 is 0 Å². The SMILES string of the molecule is Cc1cc(Cl)cc2cnncc12. The highest BCUT2D eigenvalue weighted by atomic mass is 35.5. The predicted molar refractivity (Wildman–Crippen MR) is 49.3 cm³/mol. The molecule has 0 radical (unpaired) electrons. The first-order valence-electron chi connectivity index (χ1n) is 3.64. The summed E-state index contributed by atoms with van der Waals surface area (Å²) in [5.74, 6) is 0. The summed E-state index contributed by atoms with van der Waals surface area (Å²) in [7, 11) is 0. The molecule has 0 bridgehead atoms. The van der Waals surface area contributed by atoms with Crippen molar-refractivity contribution in [3.05, 3.63) is 35.1 Å². The van der Waals surface area contributed by atoms with Crippen molar-refractivity contribution in [1.29, 1.82) is 0 Å². The van der Waals surface area contributed by atoms with Crippen LogP contribution in [-0.2, 0) is 0 Å². The molecule has 0 aliphatic rings. The van der Waals surface area contributed by atoms with Crippen molar-refractivity contribution in [1.82, 2.24) is 10.2 Å². The van der Waals surface area contributed by atoms with Gasteiger partial charge in [0.25, 0.3) is 0 Å². The monoisotopic (exact) mass is 178 g/mol. The molecule has 2 aromatic rings. The van der Waals surface area contributed by atoms with Crippen LogP contribution in [0.1, 0.15) is 5.56 Å². The topological polar surface area (TPSA) is 25.8 Å². The molecule has 0 N–H and O–H groups in total. The molecule has 12 heavy (non-hydrogen) atoms. The third-order valence-corrected chi connectivity index (χ3v) is 2.05. The van der Waals surface area contributed by atoms with Crippen molar-refractivity contribution in [2.75, 3.05) is 0 Å². The molecule has 0 aliphatic heterocycles. The molecule has 0 aliphatic carbocycles. The van der Waals surface area contributed by atoms with E-state index in [0.29, 0.717) is 0 Å². The minimum absolute atomic E-state index is 0.744. The molecule has 1 aromatic heterocycles. The van der Waals surface area contributed by atoms with Gasteiger partial charge in [0.05, 0.1) is 12.4 Å². The third-order valence-electron chi connectivity index (χ3n) is 1.83. The second kappa shape index (κ2) is 2.72. The van der Waals surface area contributed by atoms with Crippen molar-refractivity contribution in [2.24, 2.45) is 0 Å². The number of aryl methyl sites for hydroxylation is 1. The fourth-order valence-electron chi connectivity index (χ4n) is 1.25. The van der Waals surface area contributed by atoms with Crippen LogP contribution in [0.25, 0.3) is 10.8 Å². The minimum Gasteiger partial charge on any atom is -0.158 e. The lowest BCUT2D eigenvalue weighted by molar-refractivity contribution is 1.05. The van der Waals surface area contributed by atoms with Crippen molar-refractivity contribution in [3.8, 4) is 0 Å². The Balaban J connectivity index is 2.89. The maximum Gasteiger partial charge on any atom is 0.0577 e. The Morgan fingerprint density at radius 1 is 1.17 bits per heavy atom. The van der Waals surface area contributed by atoms with Crippen LogP contribution in [0.5, 0.6) is 0 Å². The van der Waals surface area contributed by atoms with Gasteiger partial charge in [-0.3, -0.25) is 0 Å². The number of nitrogens with zero attached hydrogens (tertiary/aromatic N) is 2. The van der Waals surface area contributed by atoms with E-state index >= 15 is 0 Å². The lowest BCUT2D eigenvalue weighted by Crippen LogP contribution is -1.83. The molecule has 0 unspecified atom stereocenters.